The van der Waals surface area contributed by atoms with Crippen LogP contribution in [0.15, 0.2) is 42.6 Å². The summed E-state index contributed by atoms with van der Waals surface area (Å²) in [5.74, 6) is 1.64. The third-order valence-corrected chi connectivity index (χ3v) is 6.42. The molecule has 1 aliphatic rings. The van der Waals surface area contributed by atoms with Gasteiger partial charge in [-0.3, -0.25) is 4.79 Å². The van der Waals surface area contributed by atoms with Crippen molar-refractivity contribution < 1.29 is 9.53 Å². The Morgan fingerprint density at radius 1 is 1.25 bits per heavy atom. The number of aryl methyl sites for hydroxylation is 1. The zero-order valence-electron chi connectivity index (χ0n) is 18.2. The van der Waals surface area contributed by atoms with Gasteiger partial charge in [0, 0.05) is 35.6 Å². The first-order valence-corrected chi connectivity index (χ1v) is 11.5. The molecule has 0 unspecified atom stereocenters. The van der Waals surface area contributed by atoms with Gasteiger partial charge in [-0.1, -0.05) is 0 Å². The van der Waals surface area contributed by atoms with E-state index in [1.54, 1.807) is 12.3 Å². The predicted octanol–water partition coefficient (Wildman–Crippen LogP) is 4.64. The molecule has 164 valence electrons. The monoisotopic (exact) mass is 447 g/mol. The summed E-state index contributed by atoms with van der Waals surface area (Å²) in [6.07, 6.45) is 3.09. The highest BCUT2D eigenvalue weighted by Gasteiger charge is 2.26. The van der Waals surface area contributed by atoms with Gasteiger partial charge in [-0.2, -0.15) is 5.26 Å². The van der Waals surface area contributed by atoms with Crippen molar-refractivity contribution >= 4 is 28.2 Å². The molecule has 1 fully saturated rings. The molecule has 1 N–H and O–H groups in total. The van der Waals surface area contributed by atoms with Crippen molar-refractivity contribution in [1.82, 2.24) is 9.97 Å². The molecule has 32 heavy (non-hydrogen) atoms. The SMILES string of the molecule is CCOc1ccc(-c2nc(NC(=O)C3CCN(c4ccc(C#N)cn4)CC3)sc2C)cc1. The summed E-state index contributed by atoms with van der Waals surface area (Å²) in [5.41, 5.74) is 2.44. The second-order valence-electron chi connectivity index (χ2n) is 7.65. The van der Waals surface area contributed by atoms with Crippen LogP contribution in [0.1, 0.15) is 30.2 Å². The molecular formula is C24H25N5O2S. The van der Waals surface area contributed by atoms with Gasteiger partial charge in [-0.25, -0.2) is 9.97 Å². The first kappa shape index (κ1) is 21.8. The Morgan fingerprint density at radius 3 is 2.62 bits per heavy atom. The van der Waals surface area contributed by atoms with Gasteiger partial charge in [0.15, 0.2) is 5.13 Å². The number of amides is 1. The van der Waals surface area contributed by atoms with Crippen LogP contribution in [0.4, 0.5) is 10.9 Å². The van der Waals surface area contributed by atoms with Gasteiger partial charge in [0.25, 0.3) is 0 Å². The molecule has 7 nitrogen and oxygen atoms in total. The molecule has 2 aromatic heterocycles. The maximum Gasteiger partial charge on any atom is 0.229 e. The van der Waals surface area contributed by atoms with Crippen LogP contribution in [0.3, 0.4) is 0 Å². The topological polar surface area (TPSA) is 91.1 Å². The van der Waals surface area contributed by atoms with Crippen LogP contribution in [0.2, 0.25) is 0 Å². The van der Waals surface area contributed by atoms with E-state index in [0.717, 1.165) is 53.6 Å². The van der Waals surface area contributed by atoms with Crippen molar-refractivity contribution in [1.29, 1.82) is 5.26 Å². The summed E-state index contributed by atoms with van der Waals surface area (Å²) < 4.78 is 5.50. The summed E-state index contributed by atoms with van der Waals surface area (Å²) in [7, 11) is 0. The van der Waals surface area contributed by atoms with E-state index in [4.69, 9.17) is 10.00 Å². The van der Waals surface area contributed by atoms with E-state index < -0.39 is 0 Å². The minimum absolute atomic E-state index is 0.0180. The van der Waals surface area contributed by atoms with E-state index in [2.05, 4.69) is 26.3 Å². The zero-order chi connectivity index (χ0) is 22.5. The number of hydrogen-bond acceptors (Lipinski definition) is 7. The van der Waals surface area contributed by atoms with E-state index >= 15 is 0 Å². The summed E-state index contributed by atoms with van der Waals surface area (Å²) in [4.78, 5) is 25.1. The molecule has 0 atom stereocenters. The fraction of sp³-hybridized carbons (Fsp3) is 0.333. The van der Waals surface area contributed by atoms with Gasteiger partial charge in [0.1, 0.15) is 17.6 Å². The molecule has 0 aliphatic carbocycles. The lowest BCUT2D eigenvalue weighted by Crippen LogP contribution is -2.38. The number of benzene rings is 1. The lowest BCUT2D eigenvalue weighted by Gasteiger charge is -2.31. The third kappa shape index (κ3) is 4.89. The van der Waals surface area contributed by atoms with Gasteiger partial charge in [-0.05, 0) is 63.1 Å². The number of hydrogen-bond donors (Lipinski definition) is 1. The highest BCUT2D eigenvalue weighted by Crippen LogP contribution is 2.32. The number of carbonyl (C=O) groups excluding carboxylic acids is 1. The molecule has 1 aliphatic heterocycles. The van der Waals surface area contributed by atoms with E-state index in [0.29, 0.717) is 17.3 Å². The van der Waals surface area contributed by atoms with Gasteiger partial charge in [0.2, 0.25) is 5.91 Å². The minimum Gasteiger partial charge on any atom is -0.494 e. The van der Waals surface area contributed by atoms with E-state index in [-0.39, 0.29) is 11.8 Å². The average molecular weight is 448 g/mol. The number of ether oxygens (including phenoxy) is 1. The molecule has 0 spiro atoms. The second-order valence-corrected chi connectivity index (χ2v) is 8.85. The highest BCUT2D eigenvalue weighted by atomic mass is 32.1. The van der Waals surface area contributed by atoms with Crippen LogP contribution in [0, 0.1) is 24.2 Å². The molecule has 1 amide bonds. The van der Waals surface area contributed by atoms with Crippen LogP contribution in [-0.2, 0) is 4.79 Å². The summed E-state index contributed by atoms with van der Waals surface area (Å²) >= 11 is 1.50. The molecule has 0 radical (unpaired) electrons. The van der Waals surface area contributed by atoms with Crippen molar-refractivity contribution in [2.45, 2.75) is 26.7 Å². The lowest BCUT2D eigenvalue weighted by molar-refractivity contribution is -0.120. The number of piperidine rings is 1. The smallest absolute Gasteiger partial charge is 0.229 e. The molecule has 1 aromatic carbocycles. The summed E-state index contributed by atoms with van der Waals surface area (Å²) in [6, 6.07) is 13.6. The van der Waals surface area contributed by atoms with Crippen LogP contribution in [0.25, 0.3) is 11.3 Å². The first-order valence-electron chi connectivity index (χ1n) is 10.7. The Balaban J connectivity index is 1.35. The maximum atomic E-state index is 12.8. The number of nitriles is 1. The highest BCUT2D eigenvalue weighted by molar-refractivity contribution is 7.16. The van der Waals surface area contributed by atoms with Crippen LogP contribution in [0.5, 0.6) is 5.75 Å². The van der Waals surface area contributed by atoms with Crippen molar-refractivity contribution in [3.63, 3.8) is 0 Å². The molecular weight excluding hydrogens is 422 g/mol. The summed E-state index contributed by atoms with van der Waals surface area (Å²) in [5, 5.41) is 12.6. The van der Waals surface area contributed by atoms with Crippen molar-refractivity contribution in [2.75, 3.05) is 29.9 Å². The normalized spacial score (nSPS) is 14.1. The van der Waals surface area contributed by atoms with Crippen molar-refractivity contribution in [2.24, 2.45) is 5.92 Å². The molecule has 8 heteroatoms. The van der Waals surface area contributed by atoms with Crippen LogP contribution >= 0.6 is 11.3 Å². The molecule has 3 aromatic rings. The first-order chi connectivity index (χ1) is 15.6. The fourth-order valence-electron chi connectivity index (χ4n) is 3.81. The Hall–Kier alpha value is -3.44. The fourth-order valence-corrected chi connectivity index (χ4v) is 4.65. The van der Waals surface area contributed by atoms with Crippen LogP contribution in [-0.4, -0.2) is 35.6 Å². The minimum atomic E-state index is -0.0530. The average Bonchev–Trinajstić information content (AvgIpc) is 3.19. The number of nitrogens with one attached hydrogen (secondary N) is 1. The number of rotatable bonds is 6. The van der Waals surface area contributed by atoms with Crippen LogP contribution < -0.4 is 15.0 Å². The predicted molar refractivity (Wildman–Crippen MR) is 126 cm³/mol. The number of anilines is 2. The standard InChI is InChI=1S/C24H25N5O2S/c1-3-31-20-7-5-18(6-8-20)22-16(2)32-24(27-22)28-23(30)19-10-12-29(13-11-19)21-9-4-17(14-25)15-26-21/h4-9,15,19H,3,10-13H2,1-2H3,(H,27,28,30). The van der Waals surface area contributed by atoms with Gasteiger partial charge < -0.3 is 15.0 Å². The van der Waals surface area contributed by atoms with Gasteiger partial charge in [0.05, 0.1) is 17.9 Å². The van der Waals surface area contributed by atoms with E-state index in [1.807, 2.05) is 44.2 Å². The number of pyridine rings is 1. The van der Waals surface area contributed by atoms with E-state index in [1.165, 1.54) is 11.3 Å². The van der Waals surface area contributed by atoms with Gasteiger partial charge >= 0.3 is 0 Å². The van der Waals surface area contributed by atoms with Crippen molar-refractivity contribution in [3.8, 4) is 23.1 Å². The molecule has 3 heterocycles. The Bertz CT molecular complexity index is 1110. The Kier molecular flexibility index (Phi) is 6.66. The van der Waals surface area contributed by atoms with E-state index in [9.17, 15) is 4.79 Å². The number of thiazole rings is 1. The third-order valence-electron chi connectivity index (χ3n) is 5.53. The Labute approximate surface area is 191 Å². The Morgan fingerprint density at radius 2 is 2.00 bits per heavy atom. The second kappa shape index (κ2) is 9.79. The lowest BCUT2D eigenvalue weighted by atomic mass is 9.96. The van der Waals surface area contributed by atoms with Crippen molar-refractivity contribution in [3.05, 3.63) is 53.0 Å². The number of nitrogens with zero attached hydrogens (tertiary/aromatic N) is 4. The number of carbonyl (C=O) groups is 1. The zero-order valence-corrected chi connectivity index (χ0v) is 19.0. The summed E-state index contributed by atoms with van der Waals surface area (Å²) in [6.45, 7) is 6.12. The largest absolute Gasteiger partial charge is 0.494 e. The molecule has 1 saturated heterocycles. The number of aromatic nitrogens is 2. The quantitative estimate of drug-likeness (QED) is 0.592. The molecule has 4 rings (SSSR count). The molecule has 0 bridgehead atoms. The van der Waals surface area contributed by atoms with Gasteiger partial charge in [-0.15, -0.1) is 11.3 Å². The molecule has 0 saturated carbocycles. The maximum absolute atomic E-state index is 12.8.